The molecule has 0 unspecified atom stereocenters. The number of hydrogen-bond donors (Lipinski definition) is 1. The van der Waals surface area contributed by atoms with Crippen LogP contribution < -0.4 is 10.2 Å². The predicted molar refractivity (Wildman–Crippen MR) is 86.7 cm³/mol. The molecule has 1 aromatic heterocycles. The van der Waals surface area contributed by atoms with Gasteiger partial charge in [-0.3, -0.25) is 4.99 Å². The number of nitrogens with one attached hydrogen (secondary N) is 1. The van der Waals surface area contributed by atoms with Crippen molar-refractivity contribution in [2.75, 3.05) is 38.1 Å². The van der Waals surface area contributed by atoms with Crippen LogP contribution in [-0.4, -0.2) is 49.1 Å². The summed E-state index contributed by atoms with van der Waals surface area (Å²) in [4.78, 5) is 13.6. The molecule has 2 aliphatic rings. The smallest absolute Gasteiger partial charge is 0.193 e. The minimum absolute atomic E-state index is 0.812. The first kappa shape index (κ1) is 14.2. The number of nitrogens with zero attached hydrogens (tertiary/aromatic N) is 4. The molecule has 0 radical (unpaired) electrons. The van der Waals surface area contributed by atoms with Gasteiger partial charge < -0.3 is 15.1 Å². The van der Waals surface area contributed by atoms with E-state index in [-0.39, 0.29) is 0 Å². The maximum absolute atomic E-state index is 4.50. The van der Waals surface area contributed by atoms with E-state index in [4.69, 9.17) is 0 Å². The van der Waals surface area contributed by atoms with Gasteiger partial charge in [0.05, 0.1) is 0 Å². The Morgan fingerprint density at radius 3 is 2.62 bits per heavy atom. The number of guanidine groups is 1. The molecule has 0 spiro atoms. The Labute approximate surface area is 127 Å². The number of rotatable bonds is 3. The van der Waals surface area contributed by atoms with Gasteiger partial charge in [-0.25, -0.2) is 4.98 Å². The van der Waals surface area contributed by atoms with Crippen LogP contribution >= 0.6 is 0 Å². The Bertz CT molecular complexity index is 487. The molecule has 2 fully saturated rings. The topological polar surface area (TPSA) is 43.8 Å². The second-order valence-electron chi connectivity index (χ2n) is 5.81. The molecule has 5 heteroatoms. The van der Waals surface area contributed by atoms with Gasteiger partial charge in [-0.2, -0.15) is 0 Å². The summed E-state index contributed by atoms with van der Waals surface area (Å²) >= 11 is 0. The fourth-order valence-electron chi connectivity index (χ4n) is 3.13. The fraction of sp³-hybridized carbons (Fsp3) is 0.625. The molecule has 114 valence electrons. The van der Waals surface area contributed by atoms with Crippen molar-refractivity contribution in [2.45, 2.75) is 32.2 Å². The predicted octanol–water partition coefficient (Wildman–Crippen LogP) is 1.85. The lowest BCUT2D eigenvalue weighted by Gasteiger charge is -2.21. The lowest BCUT2D eigenvalue weighted by molar-refractivity contribution is 0.493. The summed E-state index contributed by atoms with van der Waals surface area (Å²) in [7, 11) is 1.86. The number of hydrogen-bond acceptors (Lipinski definition) is 3. The third-order valence-electron chi connectivity index (χ3n) is 4.31. The van der Waals surface area contributed by atoms with Crippen LogP contribution in [0.1, 0.15) is 31.2 Å². The van der Waals surface area contributed by atoms with E-state index in [0.717, 1.165) is 44.5 Å². The van der Waals surface area contributed by atoms with Gasteiger partial charge in [-0.15, -0.1) is 0 Å². The monoisotopic (exact) mass is 287 g/mol. The van der Waals surface area contributed by atoms with Crippen molar-refractivity contribution in [3.8, 4) is 0 Å². The first-order chi connectivity index (χ1) is 10.4. The quantitative estimate of drug-likeness (QED) is 0.681. The number of likely N-dealkylation sites (tertiary alicyclic amines) is 1. The highest BCUT2D eigenvalue weighted by molar-refractivity contribution is 5.80. The molecule has 0 aromatic carbocycles. The Balaban J connectivity index is 1.60. The van der Waals surface area contributed by atoms with Crippen LogP contribution in [0.4, 0.5) is 5.82 Å². The van der Waals surface area contributed by atoms with E-state index in [0.29, 0.717) is 0 Å². The molecule has 0 bridgehead atoms. The first-order valence-corrected chi connectivity index (χ1v) is 8.02. The minimum atomic E-state index is 0.812. The highest BCUT2D eigenvalue weighted by Crippen LogP contribution is 2.18. The average molecular weight is 287 g/mol. The third-order valence-corrected chi connectivity index (χ3v) is 4.31. The number of anilines is 1. The third kappa shape index (κ3) is 3.46. The highest BCUT2D eigenvalue weighted by atomic mass is 15.3. The lowest BCUT2D eigenvalue weighted by Crippen LogP contribution is -2.39. The lowest BCUT2D eigenvalue weighted by atomic mass is 10.2. The van der Waals surface area contributed by atoms with Crippen molar-refractivity contribution in [2.24, 2.45) is 4.99 Å². The molecule has 3 heterocycles. The zero-order chi connectivity index (χ0) is 14.5. The molecular weight excluding hydrogens is 262 g/mol. The number of pyridine rings is 1. The van der Waals surface area contributed by atoms with Crippen molar-refractivity contribution in [3.63, 3.8) is 0 Å². The van der Waals surface area contributed by atoms with Crippen LogP contribution in [0.2, 0.25) is 0 Å². The van der Waals surface area contributed by atoms with Crippen LogP contribution in [0.3, 0.4) is 0 Å². The summed E-state index contributed by atoms with van der Waals surface area (Å²) in [5.74, 6) is 2.13. The molecule has 2 aliphatic heterocycles. The Morgan fingerprint density at radius 1 is 1.19 bits per heavy atom. The molecule has 0 atom stereocenters. The van der Waals surface area contributed by atoms with Gasteiger partial charge in [-0.05, 0) is 43.4 Å². The maximum Gasteiger partial charge on any atom is 0.193 e. The van der Waals surface area contributed by atoms with E-state index in [1.807, 2.05) is 13.2 Å². The minimum Gasteiger partial charge on any atom is -0.357 e. The van der Waals surface area contributed by atoms with Crippen LogP contribution in [-0.2, 0) is 6.54 Å². The van der Waals surface area contributed by atoms with Crippen molar-refractivity contribution in [1.29, 1.82) is 0 Å². The summed E-state index contributed by atoms with van der Waals surface area (Å²) in [6.07, 6.45) is 7.03. The standard InChI is InChI=1S/C16H25N5/c1-17-16(21-10-4-5-11-21)19-13-14-6-7-18-15(12-14)20-8-2-3-9-20/h6-7,12H,2-5,8-11,13H2,1H3,(H,17,19). The van der Waals surface area contributed by atoms with Crippen molar-refractivity contribution < 1.29 is 0 Å². The molecule has 2 saturated heterocycles. The molecule has 5 nitrogen and oxygen atoms in total. The Morgan fingerprint density at radius 2 is 1.90 bits per heavy atom. The molecule has 21 heavy (non-hydrogen) atoms. The Hall–Kier alpha value is -1.78. The van der Waals surface area contributed by atoms with E-state index in [1.54, 1.807) is 0 Å². The van der Waals surface area contributed by atoms with E-state index in [2.05, 4.69) is 37.2 Å². The SMILES string of the molecule is CN=C(NCc1ccnc(N2CCCC2)c1)N1CCCC1. The molecule has 1 aromatic rings. The summed E-state index contributed by atoms with van der Waals surface area (Å²) in [5.41, 5.74) is 1.27. The normalized spacial score (nSPS) is 19.4. The summed E-state index contributed by atoms with van der Waals surface area (Å²) in [5, 5.41) is 3.48. The van der Waals surface area contributed by atoms with Gasteiger partial charge in [0.1, 0.15) is 5.82 Å². The van der Waals surface area contributed by atoms with Gasteiger partial charge in [0.25, 0.3) is 0 Å². The van der Waals surface area contributed by atoms with Crippen LogP contribution in [0.25, 0.3) is 0 Å². The number of aliphatic imine (C=N–C) groups is 1. The molecule has 0 amide bonds. The molecule has 3 rings (SSSR count). The second-order valence-corrected chi connectivity index (χ2v) is 5.81. The average Bonchev–Trinajstić information content (AvgIpc) is 3.22. The zero-order valence-electron chi connectivity index (χ0n) is 12.9. The van der Waals surface area contributed by atoms with Crippen molar-refractivity contribution in [1.82, 2.24) is 15.2 Å². The van der Waals surface area contributed by atoms with Crippen molar-refractivity contribution >= 4 is 11.8 Å². The highest BCUT2D eigenvalue weighted by Gasteiger charge is 2.16. The van der Waals surface area contributed by atoms with Gasteiger partial charge >= 0.3 is 0 Å². The van der Waals surface area contributed by atoms with Crippen LogP contribution in [0.5, 0.6) is 0 Å². The van der Waals surface area contributed by atoms with Gasteiger partial charge in [-0.1, -0.05) is 0 Å². The van der Waals surface area contributed by atoms with E-state index < -0.39 is 0 Å². The van der Waals surface area contributed by atoms with E-state index >= 15 is 0 Å². The second kappa shape index (κ2) is 6.78. The fourth-order valence-corrected chi connectivity index (χ4v) is 3.13. The van der Waals surface area contributed by atoms with Crippen molar-refractivity contribution in [3.05, 3.63) is 23.9 Å². The van der Waals surface area contributed by atoms with E-state index in [9.17, 15) is 0 Å². The molecule has 0 saturated carbocycles. The molecule has 1 N–H and O–H groups in total. The number of aromatic nitrogens is 1. The largest absolute Gasteiger partial charge is 0.357 e. The van der Waals surface area contributed by atoms with Gasteiger partial charge in [0, 0.05) is 46.0 Å². The molecule has 0 aliphatic carbocycles. The van der Waals surface area contributed by atoms with Crippen LogP contribution in [0, 0.1) is 0 Å². The summed E-state index contributed by atoms with van der Waals surface area (Å²) in [6, 6.07) is 4.29. The van der Waals surface area contributed by atoms with E-state index in [1.165, 1.54) is 31.2 Å². The van der Waals surface area contributed by atoms with Gasteiger partial charge in [0.2, 0.25) is 0 Å². The summed E-state index contributed by atoms with van der Waals surface area (Å²) in [6.45, 7) is 5.33. The summed E-state index contributed by atoms with van der Waals surface area (Å²) < 4.78 is 0. The maximum atomic E-state index is 4.50. The van der Waals surface area contributed by atoms with Gasteiger partial charge in [0.15, 0.2) is 5.96 Å². The zero-order valence-corrected chi connectivity index (χ0v) is 12.9. The first-order valence-electron chi connectivity index (χ1n) is 8.02. The molecular formula is C16H25N5. The van der Waals surface area contributed by atoms with Crippen LogP contribution in [0.15, 0.2) is 23.3 Å². The Kier molecular flexibility index (Phi) is 4.58.